The van der Waals surface area contributed by atoms with Crippen LogP contribution in [0, 0.1) is 0 Å². The zero-order valence-corrected chi connectivity index (χ0v) is 11.2. The summed E-state index contributed by atoms with van der Waals surface area (Å²) in [7, 11) is 0. The summed E-state index contributed by atoms with van der Waals surface area (Å²) in [6.45, 7) is 2.27. The highest BCUT2D eigenvalue weighted by atomic mass is 16.1. The number of hydrogen-bond acceptors (Lipinski definition) is 1. The van der Waals surface area contributed by atoms with Crippen molar-refractivity contribution in [2.24, 2.45) is 0 Å². The monoisotopic (exact) mass is 226 g/mol. The van der Waals surface area contributed by atoms with Crippen LogP contribution in [0.4, 0.5) is 0 Å². The van der Waals surface area contributed by atoms with Gasteiger partial charge in [0.15, 0.2) is 0 Å². The molecule has 0 saturated heterocycles. The summed E-state index contributed by atoms with van der Waals surface area (Å²) in [5, 5.41) is 0. The first kappa shape index (κ1) is 15.7. The van der Waals surface area contributed by atoms with Gasteiger partial charge in [-0.3, -0.25) is 0 Å². The third-order valence-corrected chi connectivity index (χ3v) is 3.18. The van der Waals surface area contributed by atoms with Crippen molar-refractivity contribution >= 4 is 6.29 Å². The van der Waals surface area contributed by atoms with Gasteiger partial charge in [-0.05, 0) is 6.42 Å². The Kier molecular flexibility index (Phi) is 14.4. The predicted molar refractivity (Wildman–Crippen MR) is 71.8 cm³/mol. The molecule has 0 aliphatic rings. The largest absolute Gasteiger partial charge is 0.303 e. The Morgan fingerprint density at radius 1 is 0.625 bits per heavy atom. The van der Waals surface area contributed by atoms with Crippen LogP contribution in [0.3, 0.4) is 0 Å². The maximum absolute atomic E-state index is 10.1. The van der Waals surface area contributed by atoms with E-state index in [4.69, 9.17) is 0 Å². The number of aldehydes is 1. The molecule has 0 aliphatic heterocycles. The van der Waals surface area contributed by atoms with E-state index in [9.17, 15) is 4.79 Å². The van der Waals surface area contributed by atoms with Gasteiger partial charge in [-0.15, -0.1) is 0 Å². The van der Waals surface area contributed by atoms with E-state index in [1.165, 1.54) is 70.6 Å². The normalized spacial score (nSPS) is 10.6. The molecule has 1 nitrogen and oxygen atoms in total. The van der Waals surface area contributed by atoms with Gasteiger partial charge in [0, 0.05) is 6.42 Å². The van der Waals surface area contributed by atoms with E-state index in [1.807, 2.05) is 0 Å². The van der Waals surface area contributed by atoms with Gasteiger partial charge in [-0.2, -0.15) is 0 Å². The quantitative estimate of drug-likeness (QED) is 0.308. The van der Waals surface area contributed by atoms with Crippen LogP contribution in [0.2, 0.25) is 0 Å². The molecule has 0 heterocycles. The van der Waals surface area contributed by atoms with Crippen molar-refractivity contribution in [2.75, 3.05) is 0 Å². The fraction of sp³-hybridized carbons (Fsp3) is 0.933. The lowest BCUT2D eigenvalue weighted by Crippen LogP contribution is -1.83. The lowest BCUT2D eigenvalue weighted by molar-refractivity contribution is -0.107. The number of hydrogen-bond donors (Lipinski definition) is 0. The van der Waals surface area contributed by atoms with E-state index in [0.29, 0.717) is 0 Å². The van der Waals surface area contributed by atoms with Crippen molar-refractivity contribution in [3.63, 3.8) is 0 Å². The molecule has 0 N–H and O–H groups in total. The molecule has 0 spiro atoms. The van der Waals surface area contributed by atoms with Crippen LogP contribution in [0.1, 0.15) is 90.4 Å². The fourth-order valence-electron chi connectivity index (χ4n) is 2.07. The van der Waals surface area contributed by atoms with Crippen molar-refractivity contribution < 1.29 is 4.79 Å². The van der Waals surface area contributed by atoms with E-state index in [2.05, 4.69) is 6.92 Å². The zero-order valence-electron chi connectivity index (χ0n) is 11.2. The van der Waals surface area contributed by atoms with Gasteiger partial charge in [0.2, 0.25) is 0 Å². The smallest absolute Gasteiger partial charge is 0.119 e. The van der Waals surface area contributed by atoms with Crippen LogP contribution in [0.15, 0.2) is 0 Å². The summed E-state index contributed by atoms with van der Waals surface area (Å²) in [6, 6.07) is 0. The van der Waals surface area contributed by atoms with E-state index in [0.717, 1.165) is 19.1 Å². The Balaban J connectivity index is 2.85. The molecule has 0 radical (unpaired) electrons. The van der Waals surface area contributed by atoms with E-state index in [-0.39, 0.29) is 0 Å². The Labute approximate surface area is 102 Å². The molecule has 0 rings (SSSR count). The number of rotatable bonds is 13. The summed E-state index contributed by atoms with van der Waals surface area (Å²) in [4.78, 5) is 10.1. The summed E-state index contributed by atoms with van der Waals surface area (Å²) in [5.41, 5.74) is 0. The van der Waals surface area contributed by atoms with Crippen LogP contribution in [-0.2, 0) is 4.79 Å². The van der Waals surface area contributed by atoms with Gasteiger partial charge in [0.1, 0.15) is 6.29 Å². The standard InChI is InChI=1S/C15H30O/c1-2-3-4-5-6-7-8-9-10-11-12-13-14-15-16/h15H,2-14H2,1H3. The van der Waals surface area contributed by atoms with Crippen LogP contribution < -0.4 is 0 Å². The van der Waals surface area contributed by atoms with Gasteiger partial charge in [0.05, 0.1) is 0 Å². The number of carbonyl (C=O) groups is 1. The molecule has 0 amide bonds. The van der Waals surface area contributed by atoms with Crippen molar-refractivity contribution in [3.8, 4) is 0 Å². The third kappa shape index (κ3) is 13.7. The summed E-state index contributed by atoms with van der Waals surface area (Å²) < 4.78 is 0. The van der Waals surface area contributed by atoms with Crippen molar-refractivity contribution in [1.29, 1.82) is 0 Å². The molecule has 0 aliphatic carbocycles. The van der Waals surface area contributed by atoms with Gasteiger partial charge >= 0.3 is 0 Å². The molecule has 0 bridgehead atoms. The molecule has 0 fully saturated rings. The van der Waals surface area contributed by atoms with Crippen LogP contribution in [0.25, 0.3) is 0 Å². The second-order valence-corrected chi connectivity index (χ2v) is 4.84. The van der Waals surface area contributed by atoms with Crippen molar-refractivity contribution in [1.82, 2.24) is 0 Å². The van der Waals surface area contributed by atoms with Crippen LogP contribution in [0.5, 0.6) is 0 Å². The van der Waals surface area contributed by atoms with E-state index >= 15 is 0 Å². The molecule has 96 valence electrons. The molecule has 16 heavy (non-hydrogen) atoms. The fourth-order valence-corrected chi connectivity index (χ4v) is 2.07. The van der Waals surface area contributed by atoms with E-state index in [1.54, 1.807) is 0 Å². The second kappa shape index (κ2) is 14.7. The van der Waals surface area contributed by atoms with Gasteiger partial charge < -0.3 is 4.79 Å². The van der Waals surface area contributed by atoms with E-state index < -0.39 is 0 Å². The first-order valence-corrected chi connectivity index (χ1v) is 7.35. The Hall–Kier alpha value is -0.330. The molecule has 0 saturated carbocycles. The molecular formula is C15H30O. The maximum atomic E-state index is 10.1. The van der Waals surface area contributed by atoms with Crippen LogP contribution in [-0.4, -0.2) is 6.29 Å². The lowest BCUT2D eigenvalue weighted by Gasteiger charge is -2.01. The highest BCUT2D eigenvalue weighted by molar-refractivity contribution is 5.48. The highest BCUT2D eigenvalue weighted by Crippen LogP contribution is 2.11. The minimum absolute atomic E-state index is 0.761. The summed E-state index contributed by atoms with van der Waals surface area (Å²) in [6.07, 6.45) is 18.1. The minimum Gasteiger partial charge on any atom is -0.303 e. The Bertz CT molecular complexity index is 131. The van der Waals surface area contributed by atoms with Crippen LogP contribution >= 0.6 is 0 Å². The molecule has 1 heteroatoms. The lowest BCUT2D eigenvalue weighted by atomic mass is 10.0. The first-order chi connectivity index (χ1) is 7.91. The van der Waals surface area contributed by atoms with Gasteiger partial charge in [0.25, 0.3) is 0 Å². The topological polar surface area (TPSA) is 17.1 Å². The molecule has 0 unspecified atom stereocenters. The van der Waals surface area contributed by atoms with Gasteiger partial charge in [-0.1, -0.05) is 77.6 Å². The zero-order chi connectivity index (χ0) is 11.9. The number of carbonyl (C=O) groups excluding carboxylic acids is 1. The summed E-state index contributed by atoms with van der Waals surface area (Å²) in [5.74, 6) is 0. The Morgan fingerprint density at radius 3 is 1.38 bits per heavy atom. The SMILES string of the molecule is CCCCCCCCCCCCCCC=O. The molecule has 0 atom stereocenters. The molecular weight excluding hydrogens is 196 g/mol. The Morgan fingerprint density at radius 2 is 1.00 bits per heavy atom. The third-order valence-electron chi connectivity index (χ3n) is 3.18. The minimum atomic E-state index is 0.761. The average molecular weight is 226 g/mol. The number of unbranched alkanes of at least 4 members (excludes halogenated alkanes) is 12. The predicted octanol–water partition coefficient (Wildman–Crippen LogP) is 5.28. The average Bonchev–Trinajstić information content (AvgIpc) is 2.31. The molecule has 0 aromatic rings. The second-order valence-electron chi connectivity index (χ2n) is 4.84. The maximum Gasteiger partial charge on any atom is 0.119 e. The molecule has 0 aromatic carbocycles. The van der Waals surface area contributed by atoms with Gasteiger partial charge in [-0.25, -0.2) is 0 Å². The highest BCUT2D eigenvalue weighted by Gasteiger charge is 1.92. The van der Waals surface area contributed by atoms with Crippen molar-refractivity contribution in [3.05, 3.63) is 0 Å². The first-order valence-electron chi connectivity index (χ1n) is 7.35. The van der Waals surface area contributed by atoms with Crippen molar-refractivity contribution in [2.45, 2.75) is 90.4 Å². The summed E-state index contributed by atoms with van der Waals surface area (Å²) >= 11 is 0. The molecule has 0 aromatic heterocycles.